The van der Waals surface area contributed by atoms with Gasteiger partial charge in [-0.05, 0) is 25.7 Å². The maximum absolute atomic E-state index is 10.7. The standard InChI is InChI=1S/C13H24N2O3/c1-18-12-4-2-3-11(9-12)15-7-5-14(6-8-15)10-13(16)17/h11-12H,2-10H2,1H3,(H,16,17). The lowest BCUT2D eigenvalue weighted by Crippen LogP contribution is -2.52. The molecule has 0 spiro atoms. The number of piperazine rings is 1. The number of nitrogens with zero attached hydrogens (tertiary/aromatic N) is 2. The Morgan fingerprint density at radius 1 is 1.28 bits per heavy atom. The summed E-state index contributed by atoms with van der Waals surface area (Å²) in [5, 5.41) is 8.78. The number of carboxylic acid groups (broad SMARTS) is 1. The van der Waals surface area contributed by atoms with Crippen LogP contribution in [0.2, 0.25) is 0 Å². The van der Waals surface area contributed by atoms with E-state index >= 15 is 0 Å². The lowest BCUT2D eigenvalue weighted by Gasteiger charge is -2.41. The van der Waals surface area contributed by atoms with Gasteiger partial charge in [-0.3, -0.25) is 14.6 Å². The molecule has 1 saturated heterocycles. The molecule has 5 nitrogen and oxygen atoms in total. The van der Waals surface area contributed by atoms with Crippen molar-refractivity contribution in [3.05, 3.63) is 0 Å². The SMILES string of the molecule is COC1CCCC(N2CCN(CC(=O)O)CC2)C1. The Labute approximate surface area is 109 Å². The van der Waals surface area contributed by atoms with Crippen molar-refractivity contribution in [1.82, 2.24) is 9.80 Å². The first kappa shape index (κ1) is 13.8. The van der Waals surface area contributed by atoms with E-state index in [0.717, 1.165) is 32.6 Å². The molecule has 1 saturated carbocycles. The van der Waals surface area contributed by atoms with Gasteiger partial charge in [0.2, 0.25) is 0 Å². The maximum atomic E-state index is 10.7. The Bertz CT molecular complexity index is 277. The van der Waals surface area contributed by atoms with E-state index in [9.17, 15) is 4.79 Å². The van der Waals surface area contributed by atoms with Crippen LogP contribution in [0.25, 0.3) is 0 Å². The summed E-state index contributed by atoms with van der Waals surface area (Å²) < 4.78 is 5.47. The summed E-state index contributed by atoms with van der Waals surface area (Å²) in [6.07, 6.45) is 5.25. The number of hydrogen-bond donors (Lipinski definition) is 1. The van der Waals surface area contributed by atoms with Crippen LogP contribution < -0.4 is 0 Å². The van der Waals surface area contributed by atoms with E-state index in [2.05, 4.69) is 4.90 Å². The highest BCUT2D eigenvalue weighted by molar-refractivity contribution is 5.69. The van der Waals surface area contributed by atoms with Crippen LogP contribution in [0.3, 0.4) is 0 Å². The van der Waals surface area contributed by atoms with Gasteiger partial charge >= 0.3 is 5.97 Å². The van der Waals surface area contributed by atoms with Crippen LogP contribution in [0.1, 0.15) is 25.7 Å². The van der Waals surface area contributed by atoms with E-state index in [1.165, 1.54) is 19.3 Å². The van der Waals surface area contributed by atoms with E-state index in [1.807, 2.05) is 4.90 Å². The minimum atomic E-state index is -0.722. The minimum absolute atomic E-state index is 0.180. The zero-order valence-electron chi connectivity index (χ0n) is 11.2. The minimum Gasteiger partial charge on any atom is -0.480 e. The normalized spacial score (nSPS) is 31.4. The molecule has 0 aromatic heterocycles. The van der Waals surface area contributed by atoms with Crippen LogP contribution in [0.5, 0.6) is 0 Å². The highest BCUT2D eigenvalue weighted by Gasteiger charge is 2.29. The molecule has 1 N–H and O–H groups in total. The Kier molecular flexibility index (Phi) is 4.97. The van der Waals surface area contributed by atoms with Gasteiger partial charge in [0, 0.05) is 39.3 Å². The number of rotatable bonds is 4. The molecule has 5 heteroatoms. The average Bonchev–Trinajstić information content (AvgIpc) is 2.39. The molecule has 1 heterocycles. The number of carbonyl (C=O) groups is 1. The number of ether oxygens (including phenoxy) is 1. The largest absolute Gasteiger partial charge is 0.480 e. The Morgan fingerprint density at radius 2 is 2.00 bits per heavy atom. The molecule has 0 radical (unpaired) electrons. The summed E-state index contributed by atoms with van der Waals surface area (Å²) >= 11 is 0. The third-order valence-corrected chi connectivity index (χ3v) is 4.21. The van der Waals surface area contributed by atoms with E-state index in [1.54, 1.807) is 7.11 Å². The first-order valence-electron chi connectivity index (χ1n) is 6.90. The second-order valence-electron chi connectivity index (χ2n) is 5.38. The first-order valence-corrected chi connectivity index (χ1v) is 6.90. The molecule has 2 fully saturated rings. The average molecular weight is 256 g/mol. The van der Waals surface area contributed by atoms with Crippen molar-refractivity contribution in [3.8, 4) is 0 Å². The summed E-state index contributed by atoms with van der Waals surface area (Å²) in [7, 11) is 1.80. The van der Waals surface area contributed by atoms with Crippen LogP contribution in [-0.4, -0.2) is 72.9 Å². The summed E-state index contributed by atoms with van der Waals surface area (Å²) in [4.78, 5) is 15.2. The van der Waals surface area contributed by atoms with Crippen LogP contribution in [0.15, 0.2) is 0 Å². The van der Waals surface area contributed by atoms with Crippen LogP contribution in [0.4, 0.5) is 0 Å². The fraction of sp³-hybridized carbons (Fsp3) is 0.923. The fourth-order valence-corrected chi connectivity index (χ4v) is 3.14. The molecular formula is C13H24N2O3. The van der Waals surface area contributed by atoms with Gasteiger partial charge in [0.25, 0.3) is 0 Å². The maximum Gasteiger partial charge on any atom is 0.317 e. The second-order valence-corrected chi connectivity index (χ2v) is 5.38. The van der Waals surface area contributed by atoms with Gasteiger partial charge in [-0.1, -0.05) is 0 Å². The van der Waals surface area contributed by atoms with Crippen molar-refractivity contribution in [2.45, 2.75) is 37.8 Å². The zero-order valence-corrected chi connectivity index (χ0v) is 11.2. The molecule has 2 unspecified atom stereocenters. The van der Waals surface area contributed by atoms with Gasteiger partial charge < -0.3 is 9.84 Å². The highest BCUT2D eigenvalue weighted by atomic mass is 16.5. The van der Waals surface area contributed by atoms with Crippen LogP contribution in [-0.2, 0) is 9.53 Å². The van der Waals surface area contributed by atoms with Gasteiger partial charge in [0.05, 0.1) is 12.6 Å². The number of aliphatic carboxylic acids is 1. The molecule has 1 aliphatic heterocycles. The third-order valence-electron chi connectivity index (χ3n) is 4.21. The van der Waals surface area contributed by atoms with Crippen molar-refractivity contribution >= 4 is 5.97 Å². The van der Waals surface area contributed by atoms with Gasteiger partial charge in [0.15, 0.2) is 0 Å². The molecule has 104 valence electrons. The molecule has 18 heavy (non-hydrogen) atoms. The monoisotopic (exact) mass is 256 g/mol. The molecule has 1 aliphatic carbocycles. The fourth-order valence-electron chi connectivity index (χ4n) is 3.14. The predicted octanol–water partition coefficient (Wildman–Crippen LogP) is 0.646. The summed E-state index contributed by atoms with van der Waals surface area (Å²) in [5.74, 6) is -0.722. The van der Waals surface area contributed by atoms with E-state index < -0.39 is 5.97 Å². The highest BCUT2D eigenvalue weighted by Crippen LogP contribution is 2.25. The quantitative estimate of drug-likeness (QED) is 0.800. The van der Waals surface area contributed by atoms with E-state index in [0.29, 0.717) is 12.1 Å². The Morgan fingerprint density at radius 3 is 2.61 bits per heavy atom. The number of hydrogen-bond acceptors (Lipinski definition) is 4. The summed E-state index contributed by atoms with van der Waals surface area (Å²) in [5.41, 5.74) is 0. The summed E-state index contributed by atoms with van der Waals surface area (Å²) in [6.45, 7) is 3.92. The zero-order chi connectivity index (χ0) is 13.0. The number of carboxylic acids is 1. The molecule has 0 aromatic rings. The van der Waals surface area contributed by atoms with Gasteiger partial charge in [-0.15, -0.1) is 0 Å². The molecule has 2 aliphatic rings. The molecule has 0 bridgehead atoms. The van der Waals surface area contributed by atoms with Crippen molar-refractivity contribution in [1.29, 1.82) is 0 Å². The predicted molar refractivity (Wildman–Crippen MR) is 68.7 cm³/mol. The molecular weight excluding hydrogens is 232 g/mol. The van der Waals surface area contributed by atoms with E-state index in [-0.39, 0.29) is 6.54 Å². The van der Waals surface area contributed by atoms with Crippen LogP contribution >= 0.6 is 0 Å². The van der Waals surface area contributed by atoms with Crippen LogP contribution in [0, 0.1) is 0 Å². The third kappa shape index (κ3) is 3.67. The van der Waals surface area contributed by atoms with Crippen molar-refractivity contribution in [2.24, 2.45) is 0 Å². The summed E-state index contributed by atoms with van der Waals surface area (Å²) in [6, 6.07) is 0.635. The van der Waals surface area contributed by atoms with Crippen molar-refractivity contribution in [3.63, 3.8) is 0 Å². The Balaban J connectivity index is 1.76. The molecule has 2 atom stereocenters. The van der Waals surface area contributed by atoms with E-state index in [4.69, 9.17) is 9.84 Å². The van der Waals surface area contributed by atoms with Gasteiger partial charge in [-0.25, -0.2) is 0 Å². The lowest BCUT2D eigenvalue weighted by atomic mass is 9.91. The first-order chi connectivity index (χ1) is 8.69. The number of methoxy groups -OCH3 is 1. The van der Waals surface area contributed by atoms with Crippen molar-refractivity contribution < 1.29 is 14.6 Å². The van der Waals surface area contributed by atoms with Crippen molar-refractivity contribution in [2.75, 3.05) is 39.8 Å². The molecule has 0 aromatic carbocycles. The smallest absolute Gasteiger partial charge is 0.317 e. The topological polar surface area (TPSA) is 53.0 Å². The molecule has 2 rings (SSSR count). The Hall–Kier alpha value is -0.650. The molecule has 0 amide bonds. The lowest BCUT2D eigenvalue weighted by molar-refractivity contribution is -0.138. The second kappa shape index (κ2) is 6.50. The van der Waals surface area contributed by atoms with Gasteiger partial charge in [-0.2, -0.15) is 0 Å². The van der Waals surface area contributed by atoms with Gasteiger partial charge in [0.1, 0.15) is 0 Å².